The number of ether oxygens (including phenoxy) is 1. The first-order chi connectivity index (χ1) is 6.55. The molecule has 0 radical (unpaired) electrons. The van der Waals surface area contributed by atoms with E-state index in [1.807, 2.05) is 6.92 Å². The largest absolute Gasteiger partial charge is 0.390 e. The van der Waals surface area contributed by atoms with E-state index < -0.39 is 0 Å². The van der Waals surface area contributed by atoms with Crippen molar-refractivity contribution in [3.63, 3.8) is 0 Å². The molecule has 1 saturated carbocycles. The number of hydrogen-bond acceptors (Lipinski definition) is 3. The molecule has 1 aliphatic carbocycles. The Morgan fingerprint density at radius 2 is 2.07 bits per heavy atom. The van der Waals surface area contributed by atoms with Crippen LogP contribution in [0.1, 0.15) is 46.0 Å². The summed E-state index contributed by atoms with van der Waals surface area (Å²) in [6.45, 7) is 4.59. The van der Waals surface area contributed by atoms with Crippen LogP contribution in [0.3, 0.4) is 0 Å². The van der Waals surface area contributed by atoms with Gasteiger partial charge in [-0.1, -0.05) is 19.8 Å². The van der Waals surface area contributed by atoms with Crippen LogP contribution in [0.25, 0.3) is 0 Å². The van der Waals surface area contributed by atoms with E-state index in [4.69, 9.17) is 10.5 Å². The normalized spacial score (nSPS) is 32.6. The summed E-state index contributed by atoms with van der Waals surface area (Å²) < 4.78 is 5.68. The third-order valence-electron chi connectivity index (χ3n) is 3.10. The second kappa shape index (κ2) is 5.10. The lowest BCUT2D eigenvalue weighted by molar-refractivity contribution is -0.0713. The van der Waals surface area contributed by atoms with Gasteiger partial charge in [0.2, 0.25) is 0 Å². The smallest absolute Gasteiger partial charge is 0.0834 e. The Kier molecular flexibility index (Phi) is 4.35. The fourth-order valence-corrected chi connectivity index (χ4v) is 1.67. The Labute approximate surface area is 86.6 Å². The van der Waals surface area contributed by atoms with E-state index in [9.17, 15) is 5.11 Å². The van der Waals surface area contributed by atoms with Gasteiger partial charge in [-0.15, -0.1) is 0 Å². The fourth-order valence-electron chi connectivity index (χ4n) is 1.67. The van der Waals surface area contributed by atoms with Crippen LogP contribution in [-0.4, -0.2) is 29.5 Å². The molecule has 3 atom stereocenters. The van der Waals surface area contributed by atoms with Crippen LogP contribution in [0.15, 0.2) is 0 Å². The summed E-state index contributed by atoms with van der Waals surface area (Å²) >= 11 is 0. The van der Waals surface area contributed by atoms with Crippen LogP contribution in [0.2, 0.25) is 0 Å². The molecular formula is C11H23NO2. The highest BCUT2D eigenvalue weighted by Crippen LogP contribution is 2.22. The third-order valence-corrected chi connectivity index (χ3v) is 3.10. The van der Waals surface area contributed by atoms with E-state index in [0.29, 0.717) is 6.61 Å². The van der Waals surface area contributed by atoms with Gasteiger partial charge in [-0.2, -0.15) is 0 Å². The van der Waals surface area contributed by atoms with Crippen LogP contribution < -0.4 is 5.73 Å². The van der Waals surface area contributed by atoms with Gasteiger partial charge >= 0.3 is 0 Å². The zero-order valence-electron chi connectivity index (χ0n) is 9.33. The molecule has 0 aromatic rings. The molecule has 1 rings (SSSR count). The minimum absolute atomic E-state index is 0.0122. The predicted octanol–water partition coefficient (Wildman–Crippen LogP) is 1.43. The van der Waals surface area contributed by atoms with Gasteiger partial charge in [-0.3, -0.25) is 0 Å². The lowest BCUT2D eigenvalue weighted by Gasteiger charge is -2.31. The average molecular weight is 201 g/mol. The van der Waals surface area contributed by atoms with Gasteiger partial charge in [-0.05, 0) is 26.2 Å². The van der Waals surface area contributed by atoms with Gasteiger partial charge in [0.05, 0.1) is 18.8 Å². The van der Waals surface area contributed by atoms with Gasteiger partial charge < -0.3 is 15.6 Å². The third kappa shape index (κ3) is 3.56. The van der Waals surface area contributed by atoms with Gasteiger partial charge in [-0.25, -0.2) is 0 Å². The SMILES string of the molecule is CCC(C)(N)COC1CCCCC1O. The average Bonchev–Trinajstić information content (AvgIpc) is 2.17. The predicted molar refractivity (Wildman–Crippen MR) is 57.1 cm³/mol. The van der Waals surface area contributed by atoms with E-state index in [-0.39, 0.29) is 17.7 Å². The van der Waals surface area contributed by atoms with Gasteiger partial charge in [0.1, 0.15) is 0 Å². The highest BCUT2D eigenvalue weighted by Gasteiger charge is 2.26. The molecule has 1 fully saturated rings. The van der Waals surface area contributed by atoms with Gasteiger partial charge in [0, 0.05) is 5.54 Å². The molecule has 0 amide bonds. The van der Waals surface area contributed by atoms with E-state index in [1.54, 1.807) is 0 Å². The molecule has 1 aliphatic rings. The number of aliphatic hydroxyl groups is 1. The van der Waals surface area contributed by atoms with E-state index in [1.165, 1.54) is 0 Å². The number of aliphatic hydroxyl groups excluding tert-OH is 1. The van der Waals surface area contributed by atoms with Crippen molar-refractivity contribution in [3.8, 4) is 0 Å². The monoisotopic (exact) mass is 201 g/mol. The molecule has 3 nitrogen and oxygen atoms in total. The van der Waals surface area contributed by atoms with E-state index in [2.05, 4.69) is 6.92 Å². The highest BCUT2D eigenvalue weighted by atomic mass is 16.5. The first-order valence-electron chi connectivity index (χ1n) is 5.64. The fraction of sp³-hybridized carbons (Fsp3) is 1.00. The van der Waals surface area contributed by atoms with Crippen molar-refractivity contribution in [3.05, 3.63) is 0 Å². The van der Waals surface area contributed by atoms with E-state index in [0.717, 1.165) is 32.1 Å². The molecule has 3 unspecified atom stereocenters. The second-order valence-electron chi connectivity index (χ2n) is 4.71. The molecule has 14 heavy (non-hydrogen) atoms. The second-order valence-corrected chi connectivity index (χ2v) is 4.71. The van der Waals surface area contributed by atoms with Crippen LogP contribution in [0.4, 0.5) is 0 Å². The van der Waals surface area contributed by atoms with E-state index >= 15 is 0 Å². The zero-order valence-corrected chi connectivity index (χ0v) is 9.33. The maximum Gasteiger partial charge on any atom is 0.0834 e. The molecule has 0 heterocycles. The first kappa shape index (κ1) is 12.0. The first-order valence-corrected chi connectivity index (χ1v) is 5.64. The summed E-state index contributed by atoms with van der Waals surface area (Å²) in [7, 11) is 0. The zero-order chi connectivity index (χ0) is 10.6. The lowest BCUT2D eigenvalue weighted by atomic mass is 9.94. The summed E-state index contributed by atoms with van der Waals surface area (Å²) in [5.41, 5.74) is 5.72. The van der Waals surface area contributed by atoms with Crippen molar-refractivity contribution < 1.29 is 9.84 Å². The Morgan fingerprint density at radius 3 is 2.64 bits per heavy atom. The van der Waals surface area contributed by atoms with Crippen molar-refractivity contribution in [1.82, 2.24) is 0 Å². The molecule has 0 aliphatic heterocycles. The van der Waals surface area contributed by atoms with Crippen LogP contribution in [0, 0.1) is 0 Å². The molecule has 0 aromatic carbocycles. The molecule has 3 N–H and O–H groups in total. The quantitative estimate of drug-likeness (QED) is 0.723. The number of nitrogens with two attached hydrogens (primary N) is 1. The molecule has 0 aromatic heterocycles. The molecular weight excluding hydrogens is 178 g/mol. The Morgan fingerprint density at radius 1 is 1.43 bits per heavy atom. The van der Waals surface area contributed by atoms with Gasteiger partial charge in [0.15, 0.2) is 0 Å². The summed E-state index contributed by atoms with van der Waals surface area (Å²) in [5, 5.41) is 9.67. The van der Waals surface area contributed by atoms with Crippen molar-refractivity contribution in [2.75, 3.05) is 6.61 Å². The highest BCUT2D eigenvalue weighted by molar-refractivity contribution is 4.80. The van der Waals surface area contributed by atoms with Crippen LogP contribution in [-0.2, 0) is 4.74 Å². The number of hydrogen-bond donors (Lipinski definition) is 2. The Balaban J connectivity index is 2.29. The summed E-state index contributed by atoms with van der Waals surface area (Å²) in [6.07, 6.45) is 4.76. The Bertz CT molecular complexity index is 171. The summed E-state index contributed by atoms with van der Waals surface area (Å²) in [4.78, 5) is 0. The van der Waals surface area contributed by atoms with Crippen LogP contribution >= 0.6 is 0 Å². The minimum atomic E-state index is -0.281. The molecule has 0 bridgehead atoms. The van der Waals surface area contributed by atoms with Crippen molar-refractivity contribution >= 4 is 0 Å². The van der Waals surface area contributed by atoms with Crippen LogP contribution in [0.5, 0.6) is 0 Å². The van der Waals surface area contributed by atoms with Crippen molar-refractivity contribution in [1.29, 1.82) is 0 Å². The minimum Gasteiger partial charge on any atom is -0.390 e. The molecule has 0 spiro atoms. The van der Waals surface area contributed by atoms with Gasteiger partial charge in [0.25, 0.3) is 0 Å². The molecule has 3 heteroatoms. The number of rotatable bonds is 4. The molecule has 0 saturated heterocycles. The maximum atomic E-state index is 9.67. The summed E-state index contributed by atoms with van der Waals surface area (Å²) in [6, 6.07) is 0. The molecule has 84 valence electrons. The van der Waals surface area contributed by atoms with Crippen molar-refractivity contribution in [2.45, 2.75) is 63.7 Å². The maximum absolute atomic E-state index is 9.67. The summed E-state index contributed by atoms with van der Waals surface area (Å²) in [5.74, 6) is 0. The lowest BCUT2D eigenvalue weighted by Crippen LogP contribution is -2.44. The topological polar surface area (TPSA) is 55.5 Å². The standard InChI is InChI=1S/C11H23NO2/c1-3-11(2,12)8-14-10-7-5-4-6-9(10)13/h9-10,13H,3-8,12H2,1-2H3. The Hall–Kier alpha value is -0.120. The van der Waals surface area contributed by atoms with Crippen molar-refractivity contribution in [2.24, 2.45) is 5.73 Å².